The lowest BCUT2D eigenvalue weighted by Crippen LogP contribution is -2.42. The number of carbonyl (C=O) groups excluding carboxylic acids is 3. The summed E-state index contributed by atoms with van der Waals surface area (Å²) in [4.78, 5) is 36.9. The fourth-order valence-corrected chi connectivity index (χ4v) is 4.89. The van der Waals surface area contributed by atoms with Crippen molar-refractivity contribution in [1.29, 1.82) is 0 Å². The number of hydrogen-bond acceptors (Lipinski definition) is 8. The van der Waals surface area contributed by atoms with Crippen molar-refractivity contribution in [3.8, 4) is 5.75 Å². The molecule has 1 aromatic rings. The van der Waals surface area contributed by atoms with Gasteiger partial charge in [0.1, 0.15) is 11.5 Å². The predicted molar refractivity (Wildman–Crippen MR) is 108 cm³/mol. The van der Waals surface area contributed by atoms with Crippen molar-refractivity contribution in [1.82, 2.24) is 5.01 Å². The number of amides is 2. The highest BCUT2D eigenvalue weighted by Crippen LogP contribution is 2.22. The van der Waals surface area contributed by atoms with Crippen LogP contribution in [0.3, 0.4) is 0 Å². The highest BCUT2D eigenvalue weighted by atomic mass is 32.2. The largest absolute Gasteiger partial charge is 0.497 e. The summed E-state index contributed by atoms with van der Waals surface area (Å²) in [7, 11) is -1.71. The molecule has 2 aliphatic heterocycles. The quantitative estimate of drug-likeness (QED) is 0.649. The zero-order valence-electron chi connectivity index (χ0n) is 16.7. The lowest BCUT2D eigenvalue weighted by Gasteiger charge is -2.27. The van der Waals surface area contributed by atoms with Crippen LogP contribution in [-0.4, -0.2) is 67.7 Å². The van der Waals surface area contributed by atoms with Crippen molar-refractivity contribution in [3.05, 3.63) is 24.3 Å². The molecule has 10 nitrogen and oxygen atoms in total. The molecule has 1 fully saturated rings. The van der Waals surface area contributed by atoms with E-state index in [9.17, 15) is 22.8 Å². The van der Waals surface area contributed by atoms with Gasteiger partial charge >= 0.3 is 5.97 Å². The second kappa shape index (κ2) is 8.82. The van der Waals surface area contributed by atoms with Gasteiger partial charge in [-0.15, -0.1) is 0 Å². The monoisotopic (exact) mass is 437 g/mol. The summed E-state index contributed by atoms with van der Waals surface area (Å²) >= 11 is 0. The molecule has 2 amide bonds. The van der Waals surface area contributed by atoms with Crippen molar-refractivity contribution in [2.24, 2.45) is 5.10 Å². The number of nitrogens with zero attached hydrogens (tertiary/aromatic N) is 2. The van der Waals surface area contributed by atoms with E-state index in [1.165, 1.54) is 14.0 Å². The highest BCUT2D eigenvalue weighted by molar-refractivity contribution is 7.91. The van der Waals surface area contributed by atoms with Gasteiger partial charge < -0.3 is 14.8 Å². The molecule has 11 heteroatoms. The van der Waals surface area contributed by atoms with E-state index in [1.54, 1.807) is 24.3 Å². The maximum Gasteiger partial charge on any atom is 0.355 e. The molecular weight excluding hydrogens is 414 g/mol. The number of hydrazone groups is 1. The number of anilines is 1. The van der Waals surface area contributed by atoms with Gasteiger partial charge in [0.05, 0.1) is 24.7 Å². The summed E-state index contributed by atoms with van der Waals surface area (Å²) in [6, 6.07) is 6.13. The fraction of sp³-hybridized carbons (Fsp3) is 0.474. The van der Waals surface area contributed by atoms with E-state index in [0.717, 1.165) is 5.01 Å². The van der Waals surface area contributed by atoms with Gasteiger partial charge in [-0.1, -0.05) is 6.07 Å². The van der Waals surface area contributed by atoms with Gasteiger partial charge in [-0.3, -0.25) is 9.59 Å². The van der Waals surface area contributed by atoms with Crippen LogP contribution in [0.15, 0.2) is 29.4 Å². The molecule has 30 heavy (non-hydrogen) atoms. The van der Waals surface area contributed by atoms with Crippen LogP contribution < -0.4 is 10.1 Å². The molecule has 2 heterocycles. The summed E-state index contributed by atoms with van der Waals surface area (Å²) in [5.74, 6) is -1.32. The lowest BCUT2D eigenvalue weighted by atomic mass is 10.1. The van der Waals surface area contributed by atoms with Crippen molar-refractivity contribution >= 4 is 39.0 Å². The molecule has 0 unspecified atom stereocenters. The third kappa shape index (κ3) is 5.15. The molecule has 0 saturated carbocycles. The number of carbonyl (C=O) groups is 3. The molecule has 0 bridgehead atoms. The molecule has 0 aromatic heterocycles. The molecule has 1 aromatic carbocycles. The molecule has 3 rings (SSSR count). The van der Waals surface area contributed by atoms with Crippen LogP contribution in [0.2, 0.25) is 0 Å². The van der Waals surface area contributed by atoms with Crippen LogP contribution in [0.25, 0.3) is 0 Å². The highest BCUT2D eigenvalue weighted by Gasteiger charge is 2.37. The Bertz CT molecular complexity index is 990. The first-order valence-electron chi connectivity index (χ1n) is 9.44. The van der Waals surface area contributed by atoms with Crippen molar-refractivity contribution in [2.45, 2.75) is 38.3 Å². The average Bonchev–Trinajstić information content (AvgIpc) is 3.07. The molecule has 162 valence electrons. The van der Waals surface area contributed by atoms with Crippen LogP contribution in [0.4, 0.5) is 5.69 Å². The Morgan fingerprint density at radius 1 is 1.30 bits per heavy atom. The van der Waals surface area contributed by atoms with E-state index in [2.05, 4.69) is 10.4 Å². The third-order valence-electron chi connectivity index (χ3n) is 4.84. The van der Waals surface area contributed by atoms with Gasteiger partial charge in [0.2, 0.25) is 5.91 Å². The Kier molecular flexibility index (Phi) is 6.40. The van der Waals surface area contributed by atoms with E-state index in [-0.39, 0.29) is 42.4 Å². The number of ether oxygens (including phenoxy) is 2. The van der Waals surface area contributed by atoms with E-state index in [1.807, 2.05) is 0 Å². The lowest BCUT2D eigenvalue weighted by molar-refractivity contribution is -0.147. The number of benzene rings is 1. The third-order valence-corrected chi connectivity index (χ3v) is 6.59. The topological polar surface area (TPSA) is 131 Å². The van der Waals surface area contributed by atoms with Crippen molar-refractivity contribution in [2.75, 3.05) is 23.9 Å². The van der Waals surface area contributed by atoms with Crippen LogP contribution in [0.1, 0.15) is 26.2 Å². The Labute approximate surface area is 174 Å². The van der Waals surface area contributed by atoms with Crippen molar-refractivity contribution in [3.63, 3.8) is 0 Å². The van der Waals surface area contributed by atoms with Gasteiger partial charge in [-0.2, -0.15) is 5.10 Å². The normalized spacial score (nSPS) is 21.5. The van der Waals surface area contributed by atoms with E-state index < -0.39 is 33.9 Å². The number of rotatable bonds is 6. The maximum absolute atomic E-state index is 12.5. The zero-order valence-corrected chi connectivity index (χ0v) is 17.5. The SMILES string of the molecule is COc1cccc(NC(=O)[C@@H](C)OC(=O)C2=NN([C@H]3CCS(=O)(=O)C3)C(=O)CC2)c1. The van der Waals surface area contributed by atoms with E-state index >= 15 is 0 Å². The summed E-state index contributed by atoms with van der Waals surface area (Å²) in [6.45, 7) is 1.42. The molecule has 2 atom stereocenters. The summed E-state index contributed by atoms with van der Waals surface area (Å²) in [5, 5.41) is 7.74. The second-order valence-electron chi connectivity index (χ2n) is 7.11. The van der Waals surface area contributed by atoms with Gasteiger partial charge in [-0.25, -0.2) is 18.2 Å². The minimum Gasteiger partial charge on any atom is -0.497 e. The Morgan fingerprint density at radius 2 is 2.07 bits per heavy atom. The molecule has 2 aliphatic rings. The summed E-state index contributed by atoms with van der Waals surface area (Å²) in [6.07, 6.45) is -0.740. The minimum atomic E-state index is -3.21. The van der Waals surface area contributed by atoms with Gasteiger partial charge in [-0.05, 0) is 25.5 Å². The number of nitrogens with one attached hydrogen (secondary N) is 1. The maximum atomic E-state index is 12.5. The molecular formula is C19H23N3O7S. The number of esters is 1. The molecule has 1 N–H and O–H groups in total. The predicted octanol–water partition coefficient (Wildman–Crippen LogP) is 0.731. The Morgan fingerprint density at radius 3 is 2.73 bits per heavy atom. The first-order chi connectivity index (χ1) is 14.2. The van der Waals surface area contributed by atoms with Crippen LogP contribution in [0.5, 0.6) is 5.75 Å². The fourth-order valence-electron chi connectivity index (χ4n) is 3.20. The molecule has 0 aliphatic carbocycles. The molecule has 0 radical (unpaired) electrons. The smallest absolute Gasteiger partial charge is 0.355 e. The number of hydrogen-bond donors (Lipinski definition) is 1. The van der Waals surface area contributed by atoms with Gasteiger partial charge in [0.25, 0.3) is 5.91 Å². The van der Waals surface area contributed by atoms with Crippen LogP contribution in [0, 0.1) is 0 Å². The first-order valence-corrected chi connectivity index (χ1v) is 11.3. The van der Waals surface area contributed by atoms with E-state index in [0.29, 0.717) is 11.4 Å². The summed E-state index contributed by atoms with van der Waals surface area (Å²) < 4.78 is 33.7. The first kappa shape index (κ1) is 21.8. The molecule has 0 spiro atoms. The van der Waals surface area contributed by atoms with Gasteiger partial charge in [0, 0.05) is 24.6 Å². The Balaban J connectivity index is 1.63. The zero-order chi connectivity index (χ0) is 21.9. The minimum absolute atomic E-state index is 0.0140. The van der Waals surface area contributed by atoms with Crippen LogP contribution in [-0.2, 0) is 29.0 Å². The average molecular weight is 437 g/mol. The number of methoxy groups -OCH3 is 1. The summed E-state index contributed by atoms with van der Waals surface area (Å²) in [5.41, 5.74) is 0.469. The Hall–Kier alpha value is -2.95. The second-order valence-corrected chi connectivity index (χ2v) is 9.34. The van der Waals surface area contributed by atoms with Crippen LogP contribution >= 0.6 is 0 Å². The number of sulfone groups is 1. The standard InChI is InChI=1S/C19H23N3O7S/c1-12(18(24)20-13-4-3-5-15(10-13)28-2)29-19(25)16-6-7-17(23)22(21-16)14-8-9-30(26,27)11-14/h3-5,10,12,14H,6-9,11H2,1-2H3,(H,20,24)/t12-,14+/m1/s1. The van der Waals surface area contributed by atoms with Gasteiger partial charge in [0.15, 0.2) is 15.9 Å². The van der Waals surface area contributed by atoms with E-state index in [4.69, 9.17) is 9.47 Å². The molecule has 1 saturated heterocycles. The van der Waals surface area contributed by atoms with Crippen molar-refractivity contribution < 1.29 is 32.3 Å².